The van der Waals surface area contributed by atoms with E-state index in [2.05, 4.69) is 30.8 Å². The van der Waals surface area contributed by atoms with Crippen molar-refractivity contribution in [3.05, 3.63) is 28.6 Å². The monoisotopic (exact) mass is 293 g/mol. The van der Waals surface area contributed by atoms with Crippen LogP contribution in [0.1, 0.15) is 10.7 Å². The molecule has 0 saturated heterocycles. The Hall–Kier alpha value is -1.71. The molecule has 0 unspecified atom stereocenters. The molecule has 1 N–H and O–H groups in total. The molecule has 98 valence electrons. The van der Waals surface area contributed by atoms with Crippen LogP contribution in [-0.2, 0) is 20.1 Å². The molecule has 9 heteroatoms. The molecule has 0 amide bonds. The maximum atomic E-state index is 4.16. The Balaban J connectivity index is 1.56. The van der Waals surface area contributed by atoms with E-state index in [1.54, 1.807) is 32.9 Å². The summed E-state index contributed by atoms with van der Waals surface area (Å²) in [4.78, 5) is 5.09. The van der Waals surface area contributed by atoms with Gasteiger partial charge in [-0.05, 0) is 0 Å². The molecular weight excluding hydrogens is 282 g/mol. The predicted octanol–water partition coefficient (Wildman–Crippen LogP) is 1.08. The summed E-state index contributed by atoms with van der Waals surface area (Å²) in [7, 11) is 1.85. The van der Waals surface area contributed by atoms with Crippen molar-refractivity contribution in [2.45, 2.75) is 13.1 Å². The zero-order valence-electron chi connectivity index (χ0n) is 10.1. The highest BCUT2D eigenvalue weighted by Gasteiger charge is 2.07. The zero-order valence-corrected chi connectivity index (χ0v) is 11.8. The van der Waals surface area contributed by atoms with Crippen molar-refractivity contribution in [2.75, 3.05) is 0 Å². The highest BCUT2D eigenvalue weighted by molar-refractivity contribution is 7.20. The van der Waals surface area contributed by atoms with Crippen LogP contribution in [0.4, 0.5) is 0 Å². The smallest absolute Gasteiger partial charge is 0.159 e. The SMILES string of the molecule is Cn1cc(CNCc2nnc(-c3cncs3)s2)nn1. The molecular formula is C10H11N7S2. The largest absolute Gasteiger partial charge is 0.305 e. The van der Waals surface area contributed by atoms with Crippen molar-refractivity contribution in [3.63, 3.8) is 0 Å². The third-order valence-electron chi connectivity index (χ3n) is 2.34. The van der Waals surface area contributed by atoms with Crippen molar-refractivity contribution >= 4 is 22.7 Å². The molecule has 3 aromatic heterocycles. The Morgan fingerprint density at radius 3 is 2.95 bits per heavy atom. The minimum atomic E-state index is 0.670. The van der Waals surface area contributed by atoms with E-state index < -0.39 is 0 Å². The van der Waals surface area contributed by atoms with Gasteiger partial charge in [0, 0.05) is 26.0 Å². The van der Waals surface area contributed by atoms with Gasteiger partial charge in [-0.25, -0.2) is 0 Å². The maximum Gasteiger partial charge on any atom is 0.159 e. The number of nitrogens with one attached hydrogen (secondary N) is 1. The third-order valence-corrected chi connectivity index (χ3v) is 4.21. The zero-order chi connectivity index (χ0) is 13.1. The van der Waals surface area contributed by atoms with Crippen molar-refractivity contribution in [3.8, 4) is 9.88 Å². The number of thiazole rings is 1. The van der Waals surface area contributed by atoms with Crippen LogP contribution in [0.15, 0.2) is 17.9 Å². The molecule has 0 saturated carbocycles. The van der Waals surface area contributed by atoms with Gasteiger partial charge in [0.25, 0.3) is 0 Å². The minimum Gasteiger partial charge on any atom is -0.305 e. The van der Waals surface area contributed by atoms with Gasteiger partial charge in [-0.3, -0.25) is 9.67 Å². The Labute approximate surface area is 117 Å². The van der Waals surface area contributed by atoms with Crippen molar-refractivity contribution in [1.82, 2.24) is 35.5 Å². The van der Waals surface area contributed by atoms with E-state index in [0.717, 1.165) is 20.6 Å². The van der Waals surface area contributed by atoms with E-state index in [4.69, 9.17) is 0 Å². The van der Waals surface area contributed by atoms with E-state index >= 15 is 0 Å². The van der Waals surface area contributed by atoms with Gasteiger partial charge in [-0.1, -0.05) is 16.6 Å². The van der Waals surface area contributed by atoms with Crippen LogP contribution in [0, 0.1) is 0 Å². The summed E-state index contributed by atoms with van der Waals surface area (Å²) in [6.07, 6.45) is 3.69. The maximum absolute atomic E-state index is 4.16. The van der Waals surface area contributed by atoms with Crippen LogP contribution >= 0.6 is 22.7 Å². The molecule has 0 aliphatic carbocycles. The number of nitrogens with zero attached hydrogens (tertiary/aromatic N) is 6. The number of rotatable bonds is 5. The molecule has 0 atom stereocenters. The van der Waals surface area contributed by atoms with E-state index in [-0.39, 0.29) is 0 Å². The number of aryl methyl sites for hydroxylation is 1. The van der Waals surface area contributed by atoms with Crippen LogP contribution < -0.4 is 5.32 Å². The van der Waals surface area contributed by atoms with Gasteiger partial charge in [0.05, 0.1) is 22.6 Å². The fourth-order valence-corrected chi connectivity index (χ4v) is 3.00. The van der Waals surface area contributed by atoms with Gasteiger partial charge < -0.3 is 5.32 Å². The fraction of sp³-hybridized carbons (Fsp3) is 0.300. The molecule has 0 aliphatic heterocycles. The lowest BCUT2D eigenvalue weighted by Crippen LogP contribution is -2.12. The second kappa shape index (κ2) is 5.51. The summed E-state index contributed by atoms with van der Waals surface area (Å²) in [5.41, 5.74) is 2.71. The minimum absolute atomic E-state index is 0.670. The second-order valence-corrected chi connectivity index (χ2v) is 5.80. The van der Waals surface area contributed by atoms with Crippen LogP contribution in [-0.4, -0.2) is 30.2 Å². The van der Waals surface area contributed by atoms with Crippen LogP contribution in [0.25, 0.3) is 9.88 Å². The average molecular weight is 293 g/mol. The van der Waals surface area contributed by atoms with Gasteiger partial charge in [0.2, 0.25) is 0 Å². The van der Waals surface area contributed by atoms with Crippen molar-refractivity contribution < 1.29 is 0 Å². The molecule has 0 aromatic carbocycles. The summed E-state index contributed by atoms with van der Waals surface area (Å²) in [5.74, 6) is 0. The van der Waals surface area contributed by atoms with E-state index in [1.165, 1.54) is 0 Å². The number of hydrogen-bond acceptors (Lipinski definition) is 8. The third kappa shape index (κ3) is 3.00. The molecule has 0 fully saturated rings. The van der Waals surface area contributed by atoms with Gasteiger partial charge >= 0.3 is 0 Å². The summed E-state index contributed by atoms with van der Waals surface area (Å²) < 4.78 is 1.68. The first kappa shape index (κ1) is 12.3. The fourth-order valence-electron chi connectivity index (χ4n) is 1.52. The van der Waals surface area contributed by atoms with Gasteiger partial charge in [-0.2, -0.15) is 0 Å². The molecule has 7 nitrogen and oxygen atoms in total. The number of aromatic nitrogens is 6. The molecule has 3 aromatic rings. The Morgan fingerprint density at radius 1 is 1.26 bits per heavy atom. The lowest BCUT2D eigenvalue weighted by atomic mass is 10.4. The molecule has 0 bridgehead atoms. The Kier molecular flexibility index (Phi) is 3.58. The quantitative estimate of drug-likeness (QED) is 0.758. The van der Waals surface area contributed by atoms with Gasteiger partial charge in [-0.15, -0.1) is 26.6 Å². The Bertz CT molecular complexity index is 642. The normalized spacial score (nSPS) is 11.0. The molecule has 0 aliphatic rings. The average Bonchev–Trinajstić information content (AvgIpc) is 3.09. The molecule has 3 heterocycles. The Morgan fingerprint density at radius 2 is 2.21 bits per heavy atom. The first-order valence-electron chi connectivity index (χ1n) is 5.58. The second-order valence-electron chi connectivity index (χ2n) is 3.85. The summed E-state index contributed by atoms with van der Waals surface area (Å²) in [6, 6.07) is 0. The van der Waals surface area contributed by atoms with Crippen LogP contribution in [0.5, 0.6) is 0 Å². The number of hydrogen-bond donors (Lipinski definition) is 1. The van der Waals surface area contributed by atoms with Crippen molar-refractivity contribution in [2.24, 2.45) is 7.05 Å². The topological polar surface area (TPSA) is 81.4 Å². The molecule has 0 radical (unpaired) electrons. The molecule has 3 rings (SSSR count). The summed E-state index contributed by atoms with van der Waals surface area (Å²) >= 11 is 3.14. The first-order valence-corrected chi connectivity index (χ1v) is 7.28. The van der Waals surface area contributed by atoms with Crippen LogP contribution in [0.3, 0.4) is 0 Å². The first-order chi connectivity index (χ1) is 9.31. The highest BCUT2D eigenvalue weighted by atomic mass is 32.1. The summed E-state index contributed by atoms with van der Waals surface area (Å²) in [5, 5.41) is 21.3. The highest BCUT2D eigenvalue weighted by Crippen LogP contribution is 2.26. The lowest BCUT2D eigenvalue weighted by Gasteiger charge is -1.96. The van der Waals surface area contributed by atoms with Gasteiger partial charge in [0.15, 0.2) is 5.01 Å². The predicted molar refractivity (Wildman–Crippen MR) is 72.6 cm³/mol. The molecule has 19 heavy (non-hydrogen) atoms. The standard InChI is InChI=1S/C10H11N7S2/c1-17-5-7(13-16-17)2-11-4-9-14-15-10(19-9)8-3-12-6-18-8/h3,5-6,11H,2,4H2,1H3. The summed E-state index contributed by atoms with van der Waals surface area (Å²) in [6.45, 7) is 1.34. The lowest BCUT2D eigenvalue weighted by molar-refractivity contribution is 0.667. The van der Waals surface area contributed by atoms with Gasteiger partial charge in [0.1, 0.15) is 5.01 Å². The molecule has 0 spiro atoms. The van der Waals surface area contributed by atoms with Crippen LogP contribution in [0.2, 0.25) is 0 Å². The van der Waals surface area contributed by atoms with E-state index in [1.807, 2.05) is 19.4 Å². The van der Waals surface area contributed by atoms with Crippen molar-refractivity contribution in [1.29, 1.82) is 0 Å². The van der Waals surface area contributed by atoms with E-state index in [0.29, 0.717) is 13.1 Å². The van der Waals surface area contributed by atoms with E-state index in [9.17, 15) is 0 Å².